The van der Waals surface area contributed by atoms with Crippen LogP contribution in [0.25, 0.3) is 22.0 Å². The number of hydrazone groups is 1. The first-order valence-electron chi connectivity index (χ1n) is 8.63. The zero-order chi connectivity index (χ0) is 18.6. The van der Waals surface area contributed by atoms with Gasteiger partial charge in [0, 0.05) is 16.7 Å². The number of H-pyrrole nitrogens is 1. The second-order valence-corrected chi connectivity index (χ2v) is 6.33. The average Bonchev–Trinajstić information content (AvgIpc) is 3.16. The topological polar surface area (TPSA) is 70.1 Å². The summed E-state index contributed by atoms with van der Waals surface area (Å²) in [6.45, 7) is 2.04. The van der Waals surface area contributed by atoms with Crippen molar-refractivity contribution in [1.29, 1.82) is 0 Å². The molecule has 1 amide bonds. The predicted octanol–water partition coefficient (Wildman–Crippen LogP) is 4.30. The van der Waals surface area contributed by atoms with Crippen LogP contribution in [-0.4, -0.2) is 22.3 Å². The van der Waals surface area contributed by atoms with E-state index in [9.17, 15) is 4.79 Å². The van der Waals surface area contributed by atoms with Gasteiger partial charge in [-0.25, -0.2) is 5.43 Å². The monoisotopic (exact) mass is 354 g/mol. The Morgan fingerprint density at radius 3 is 2.63 bits per heavy atom. The van der Waals surface area contributed by atoms with Gasteiger partial charge in [0.2, 0.25) is 0 Å². The fourth-order valence-corrected chi connectivity index (χ4v) is 2.90. The summed E-state index contributed by atoms with van der Waals surface area (Å²) >= 11 is 0. The predicted molar refractivity (Wildman–Crippen MR) is 108 cm³/mol. The van der Waals surface area contributed by atoms with Gasteiger partial charge in [-0.1, -0.05) is 60.2 Å². The molecule has 0 aliphatic carbocycles. The van der Waals surface area contributed by atoms with Crippen molar-refractivity contribution in [2.45, 2.75) is 6.92 Å². The molecule has 1 heterocycles. The third-order valence-corrected chi connectivity index (χ3v) is 4.39. The van der Waals surface area contributed by atoms with Crippen molar-refractivity contribution in [3.8, 4) is 11.3 Å². The number of aromatic nitrogens is 2. The van der Waals surface area contributed by atoms with E-state index in [0.29, 0.717) is 5.56 Å². The van der Waals surface area contributed by atoms with E-state index >= 15 is 0 Å². The minimum Gasteiger partial charge on any atom is -0.277 e. The van der Waals surface area contributed by atoms with Gasteiger partial charge in [0.25, 0.3) is 5.91 Å². The van der Waals surface area contributed by atoms with Crippen molar-refractivity contribution in [3.05, 3.63) is 89.6 Å². The molecule has 0 radical (unpaired) electrons. The van der Waals surface area contributed by atoms with E-state index in [0.717, 1.165) is 27.6 Å². The van der Waals surface area contributed by atoms with Gasteiger partial charge in [0.05, 0.1) is 18.1 Å². The van der Waals surface area contributed by atoms with Gasteiger partial charge in [0.15, 0.2) is 0 Å². The van der Waals surface area contributed by atoms with E-state index in [-0.39, 0.29) is 5.91 Å². The van der Waals surface area contributed by atoms with Crippen LogP contribution in [0.5, 0.6) is 0 Å². The standard InChI is InChI=1S/C22H18N4O/c1-15-6-8-17(9-7-15)21-20(13-23-25-21)14-24-26-22(27)19-11-10-16-4-2-3-5-18(16)12-19/h2-14H,1H3,(H,23,25)(H,26,27)/b24-14+. The molecular formula is C22H18N4O. The molecule has 5 heteroatoms. The molecule has 132 valence electrons. The molecule has 4 rings (SSSR count). The molecule has 4 aromatic rings. The highest BCUT2D eigenvalue weighted by atomic mass is 16.2. The van der Waals surface area contributed by atoms with Crippen molar-refractivity contribution < 1.29 is 4.79 Å². The van der Waals surface area contributed by atoms with E-state index in [1.165, 1.54) is 5.56 Å². The number of nitrogens with one attached hydrogen (secondary N) is 2. The number of aryl methyl sites for hydroxylation is 1. The van der Waals surface area contributed by atoms with Gasteiger partial charge in [-0.05, 0) is 29.8 Å². The van der Waals surface area contributed by atoms with Gasteiger partial charge in [-0.3, -0.25) is 9.89 Å². The Balaban J connectivity index is 1.50. The summed E-state index contributed by atoms with van der Waals surface area (Å²) in [4.78, 5) is 12.4. The fourth-order valence-electron chi connectivity index (χ4n) is 2.90. The Morgan fingerprint density at radius 1 is 1.04 bits per heavy atom. The van der Waals surface area contributed by atoms with Crippen LogP contribution in [0.3, 0.4) is 0 Å². The molecule has 0 unspecified atom stereocenters. The van der Waals surface area contributed by atoms with Crippen molar-refractivity contribution in [1.82, 2.24) is 15.6 Å². The van der Waals surface area contributed by atoms with Crippen LogP contribution in [0.4, 0.5) is 0 Å². The molecule has 0 bridgehead atoms. The third-order valence-electron chi connectivity index (χ3n) is 4.39. The van der Waals surface area contributed by atoms with Crippen LogP contribution in [0.1, 0.15) is 21.5 Å². The number of amides is 1. The summed E-state index contributed by atoms with van der Waals surface area (Å²) in [7, 11) is 0. The van der Waals surface area contributed by atoms with E-state index < -0.39 is 0 Å². The molecule has 0 fully saturated rings. The highest BCUT2D eigenvalue weighted by Crippen LogP contribution is 2.20. The van der Waals surface area contributed by atoms with Gasteiger partial charge in [0.1, 0.15) is 0 Å². The maximum absolute atomic E-state index is 12.4. The second-order valence-electron chi connectivity index (χ2n) is 6.33. The summed E-state index contributed by atoms with van der Waals surface area (Å²) < 4.78 is 0. The molecule has 5 nitrogen and oxygen atoms in total. The molecule has 0 atom stereocenters. The molecule has 0 aliphatic heterocycles. The van der Waals surface area contributed by atoms with E-state index in [4.69, 9.17) is 0 Å². The first-order chi connectivity index (χ1) is 13.2. The number of nitrogens with zero attached hydrogens (tertiary/aromatic N) is 2. The van der Waals surface area contributed by atoms with Crippen molar-refractivity contribution in [3.63, 3.8) is 0 Å². The summed E-state index contributed by atoms with van der Waals surface area (Å²) in [5.41, 5.74) is 7.01. The molecule has 0 saturated heterocycles. The normalized spacial score (nSPS) is 11.1. The second kappa shape index (κ2) is 7.25. The molecular weight excluding hydrogens is 336 g/mol. The Morgan fingerprint density at radius 2 is 1.81 bits per heavy atom. The number of hydrogen-bond donors (Lipinski definition) is 2. The van der Waals surface area contributed by atoms with Gasteiger partial charge in [-0.15, -0.1) is 0 Å². The summed E-state index contributed by atoms with van der Waals surface area (Å²) in [6.07, 6.45) is 3.28. The molecule has 0 aliphatic rings. The lowest BCUT2D eigenvalue weighted by Gasteiger charge is -2.03. The number of rotatable bonds is 4. The van der Waals surface area contributed by atoms with Crippen LogP contribution in [0, 0.1) is 6.92 Å². The zero-order valence-corrected chi connectivity index (χ0v) is 14.8. The Bertz CT molecular complexity index is 1130. The van der Waals surface area contributed by atoms with Crippen LogP contribution >= 0.6 is 0 Å². The van der Waals surface area contributed by atoms with Crippen molar-refractivity contribution >= 4 is 22.9 Å². The van der Waals surface area contributed by atoms with E-state index in [1.807, 2.05) is 67.6 Å². The van der Waals surface area contributed by atoms with Gasteiger partial charge >= 0.3 is 0 Å². The fraction of sp³-hybridized carbons (Fsp3) is 0.0455. The first-order valence-corrected chi connectivity index (χ1v) is 8.63. The van der Waals surface area contributed by atoms with E-state index in [2.05, 4.69) is 20.7 Å². The number of carbonyl (C=O) groups is 1. The van der Waals surface area contributed by atoms with Crippen LogP contribution in [0.15, 0.2) is 78.0 Å². The number of carbonyl (C=O) groups excluding carboxylic acids is 1. The quantitative estimate of drug-likeness (QED) is 0.424. The summed E-state index contributed by atoms with van der Waals surface area (Å²) in [5, 5.41) is 13.3. The lowest BCUT2D eigenvalue weighted by Crippen LogP contribution is -2.17. The highest BCUT2D eigenvalue weighted by molar-refractivity contribution is 5.99. The van der Waals surface area contributed by atoms with Crippen LogP contribution in [0.2, 0.25) is 0 Å². The number of benzene rings is 3. The Kier molecular flexibility index (Phi) is 4.49. The largest absolute Gasteiger partial charge is 0.277 e. The first kappa shape index (κ1) is 16.7. The lowest BCUT2D eigenvalue weighted by molar-refractivity contribution is 0.0955. The van der Waals surface area contributed by atoms with Crippen molar-refractivity contribution in [2.24, 2.45) is 5.10 Å². The lowest BCUT2D eigenvalue weighted by atomic mass is 10.1. The Hall–Kier alpha value is -3.73. The van der Waals surface area contributed by atoms with E-state index in [1.54, 1.807) is 18.5 Å². The highest BCUT2D eigenvalue weighted by Gasteiger charge is 2.07. The third kappa shape index (κ3) is 3.62. The molecule has 27 heavy (non-hydrogen) atoms. The Labute approximate surface area is 156 Å². The average molecular weight is 354 g/mol. The zero-order valence-electron chi connectivity index (χ0n) is 14.8. The molecule has 0 saturated carbocycles. The van der Waals surface area contributed by atoms with Crippen molar-refractivity contribution in [2.75, 3.05) is 0 Å². The maximum Gasteiger partial charge on any atom is 0.271 e. The minimum absolute atomic E-state index is 0.252. The molecule has 2 N–H and O–H groups in total. The SMILES string of the molecule is Cc1ccc(-c2[nH]ncc2/C=N/NC(=O)c2ccc3ccccc3c2)cc1. The van der Waals surface area contributed by atoms with Crippen LogP contribution < -0.4 is 5.43 Å². The molecule has 3 aromatic carbocycles. The van der Waals surface area contributed by atoms with Crippen LogP contribution in [-0.2, 0) is 0 Å². The van der Waals surface area contributed by atoms with Gasteiger partial charge in [-0.2, -0.15) is 10.2 Å². The minimum atomic E-state index is -0.252. The summed E-state index contributed by atoms with van der Waals surface area (Å²) in [6, 6.07) is 21.6. The maximum atomic E-state index is 12.4. The number of aromatic amines is 1. The molecule has 0 spiro atoms. The number of fused-ring (bicyclic) bond motifs is 1. The van der Waals surface area contributed by atoms with Gasteiger partial charge < -0.3 is 0 Å². The number of hydrogen-bond acceptors (Lipinski definition) is 3. The molecule has 1 aromatic heterocycles. The smallest absolute Gasteiger partial charge is 0.271 e. The summed E-state index contributed by atoms with van der Waals surface area (Å²) in [5.74, 6) is -0.252.